The molecule has 2 aromatic carbocycles. The van der Waals surface area contributed by atoms with E-state index in [0.29, 0.717) is 31.2 Å². The second kappa shape index (κ2) is 9.86. The Bertz CT molecular complexity index is 887. The van der Waals surface area contributed by atoms with E-state index >= 15 is 0 Å². The number of nitrogens with zero attached hydrogens (tertiary/aromatic N) is 2. The number of hydrogen-bond donors (Lipinski definition) is 0. The molecule has 0 bridgehead atoms. The molecule has 0 N–H and O–H groups in total. The van der Waals surface area contributed by atoms with Crippen molar-refractivity contribution in [1.29, 1.82) is 0 Å². The largest absolute Gasteiger partial charge is 0.468 e. The van der Waals surface area contributed by atoms with Gasteiger partial charge in [-0.1, -0.05) is 35.9 Å². The fraction of sp³-hybridized carbons (Fsp3) is 0.333. The smallest absolute Gasteiger partial charge is 0.387 e. The summed E-state index contributed by atoms with van der Waals surface area (Å²) in [6.45, 7) is -1.56. The van der Waals surface area contributed by atoms with Crippen molar-refractivity contribution < 1.29 is 27.8 Å². The van der Waals surface area contributed by atoms with Gasteiger partial charge in [-0.25, -0.2) is 4.79 Å². The zero-order valence-corrected chi connectivity index (χ0v) is 17.0. The van der Waals surface area contributed by atoms with Gasteiger partial charge in [0.15, 0.2) is 0 Å². The molecule has 1 heterocycles. The van der Waals surface area contributed by atoms with Crippen molar-refractivity contribution in [2.45, 2.75) is 12.7 Å². The van der Waals surface area contributed by atoms with Gasteiger partial charge in [0.1, 0.15) is 11.8 Å². The van der Waals surface area contributed by atoms with Crippen molar-refractivity contribution in [2.75, 3.05) is 33.3 Å². The Morgan fingerprint density at radius 2 is 1.63 bits per heavy atom. The zero-order valence-electron chi connectivity index (χ0n) is 16.3. The fourth-order valence-electron chi connectivity index (χ4n) is 3.45. The molecule has 0 saturated carbocycles. The van der Waals surface area contributed by atoms with Gasteiger partial charge in [-0.15, -0.1) is 0 Å². The van der Waals surface area contributed by atoms with E-state index in [1.165, 1.54) is 25.3 Å². The molecule has 0 aliphatic carbocycles. The van der Waals surface area contributed by atoms with Crippen LogP contribution in [0.25, 0.3) is 0 Å². The molecule has 0 radical (unpaired) electrons. The molecule has 1 fully saturated rings. The molecule has 1 aliphatic rings. The molecule has 6 nitrogen and oxygen atoms in total. The van der Waals surface area contributed by atoms with E-state index in [2.05, 4.69) is 4.74 Å². The lowest BCUT2D eigenvalue weighted by Crippen LogP contribution is -2.51. The number of ether oxygens (including phenoxy) is 2. The summed E-state index contributed by atoms with van der Waals surface area (Å²) in [7, 11) is 1.32. The first-order chi connectivity index (χ1) is 14.4. The topological polar surface area (TPSA) is 59.1 Å². The number of hydrogen-bond acceptors (Lipinski definition) is 5. The van der Waals surface area contributed by atoms with E-state index in [4.69, 9.17) is 16.3 Å². The van der Waals surface area contributed by atoms with Crippen molar-refractivity contribution in [3.05, 3.63) is 64.7 Å². The van der Waals surface area contributed by atoms with Gasteiger partial charge in [-0.3, -0.25) is 9.69 Å². The number of rotatable bonds is 6. The summed E-state index contributed by atoms with van der Waals surface area (Å²) >= 11 is 5.94. The maximum Gasteiger partial charge on any atom is 0.387 e. The zero-order chi connectivity index (χ0) is 21.7. The Labute approximate surface area is 177 Å². The Morgan fingerprint density at radius 3 is 2.23 bits per heavy atom. The molecule has 1 saturated heterocycles. The van der Waals surface area contributed by atoms with E-state index in [-0.39, 0.29) is 11.3 Å². The van der Waals surface area contributed by atoms with E-state index in [0.717, 1.165) is 5.56 Å². The predicted molar refractivity (Wildman–Crippen MR) is 107 cm³/mol. The molecular formula is C21H21ClF2N2O4. The number of amides is 1. The third kappa shape index (κ3) is 5.06. The van der Waals surface area contributed by atoms with E-state index in [1.807, 2.05) is 4.90 Å². The highest BCUT2D eigenvalue weighted by Crippen LogP contribution is 2.27. The summed E-state index contributed by atoms with van der Waals surface area (Å²) in [5.41, 5.74) is 0.815. The summed E-state index contributed by atoms with van der Waals surface area (Å²) in [5.74, 6) is -0.965. The molecule has 1 unspecified atom stereocenters. The number of halogens is 3. The second-order valence-corrected chi connectivity index (χ2v) is 7.12. The van der Waals surface area contributed by atoms with E-state index in [1.54, 1.807) is 35.2 Å². The SMILES string of the molecule is COC(=O)C(c1ccc(Cl)cc1)N1CCN(C(=O)c2ccccc2OC(F)F)CC1. The van der Waals surface area contributed by atoms with Crippen LogP contribution in [0, 0.1) is 0 Å². The summed E-state index contributed by atoms with van der Waals surface area (Å²) in [6.07, 6.45) is 0. The first kappa shape index (κ1) is 22.0. The second-order valence-electron chi connectivity index (χ2n) is 6.68. The van der Waals surface area contributed by atoms with Crippen LogP contribution < -0.4 is 4.74 Å². The summed E-state index contributed by atoms with van der Waals surface area (Å²) in [4.78, 5) is 28.7. The van der Waals surface area contributed by atoms with Crippen molar-refractivity contribution in [3.8, 4) is 5.75 Å². The van der Waals surface area contributed by atoms with Crippen LogP contribution in [0.5, 0.6) is 5.75 Å². The molecule has 3 rings (SSSR count). The van der Waals surface area contributed by atoms with Crippen molar-refractivity contribution in [3.63, 3.8) is 0 Å². The summed E-state index contributed by atoms with van der Waals surface area (Å²) in [6, 6.07) is 12.2. The molecule has 30 heavy (non-hydrogen) atoms. The van der Waals surface area contributed by atoms with Crippen LogP contribution in [0.2, 0.25) is 5.02 Å². The van der Waals surface area contributed by atoms with Gasteiger partial charge in [-0.05, 0) is 29.8 Å². The van der Waals surface area contributed by atoms with Gasteiger partial charge in [0.2, 0.25) is 0 Å². The van der Waals surface area contributed by atoms with Gasteiger partial charge in [0, 0.05) is 31.2 Å². The maximum absolute atomic E-state index is 12.9. The third-order valence-electron chi connectivity index (χ3n) is 4.91. The minimum absolute atomic E-state index is 0.0773. The van der Waals surface area contributed by atoms with E-state index < -0.39 is 24.5 Å². The van der Waals surface area contributed by atoms with Gasteiger partial charge in [0.25, 0.3) is 5.91 Å². The molecular weight excluding hydrogens is 418 g/mol. The van der Waals surface area contributed by atoms with Crippen LogP contribution in [-0.4, -0.2) is 61.6 Å². The first-order valence-electron chi connectivity index (χ1n) is 9.31. The highest BCUT2D eigenvalue weighted by atomic mass is 35.5. The van der Waals surface area contributed by atoms with Crippen LogP contribution in [0.1, 0.15) is 22.0 Å². The van der Waals surface area contributed by atoms with Crippen LogP contribution in [0.15, 0.2) is 48.5 Å². The highest BCUT2D eigenvalue weighted by molar-refractivity contribution is 6.30. The number of alkyl halides is 2. The molecule has 1 atom stereocenters. The Hall–Kier alpha value is -2.71. The summed E-state index contributed by atoms with van der Waals surface area (Å²) in [5, 5.41) is 0.558. The lowest BCUT2D eigenvalue weighted by Gasteiger charge is -2.38. The van der Waals surface area contributed by atoms with Gasteiger partial charge >= 0.3 is 12.6 Å². The number of carbonyl (C=O) groups excluding carboxylic acids is 2. The molecule has 1 aliphatic heterocycles. The molecule has 9 heteroatoms. The molecule has 160 valence electrons. The van der Waals surface area contributed by atoms with Crippen molar-refractivity contribution in [1.82, 2.24) is 9.80 Å². The predicted octanol–water partition coefficient (Wildman–Crippen LogP) is 3.61. The van der Waals surface area contributed by atoms with Crippen LogP contribution in [0.4, 0.5) is 8.78 Å². The lowest BCUT2D eigenvalue weighted by molar-refractivity contribution is -0.148. The average molecular weight is 439 g/mol. The van der Waals surface area contributed by atoms with Crippen LogP contribution >= 0.6 is 11.6 Å². The van der Waals surface area contributed by atoms with Gasteiger partial charge < -0.3 is 14.4 Å². The molecule has 0 spiro atoms. The number of methoxy groups -OCH3 is 1. The minimum Gasteiger partial charge on any atom is -0.468 e. The maximum atomic E-state index is 12.9. The third-order valence-corrected chi connectivity index (χ3v) is 5.16. The molecule has 0 aromatic heterocycles. The normalized spacial score (nSPS) is 15.7. The standard InChI is InChI=1S/C21H21ClF2N2O4/c1-29-20(28)18(14-6-8-15(22)9-7-14)25-10-12-26(13-11-25)19(27)16-4-2-3-5-17(16)30-21(23)24/h2-9,18,21H,10-13H2,1H3. The first-order valence-corrected chi connectivity index (χ1v) is 9.69. The Morgan fingerprint density at radius 1 is 1.00 bits per heavy atom. The highest BCUT2D eigenvalue weighted by Gasteiger charge is 2.33. The van der Waals surface area contributed by atoms with Crippen molar-refractivity contribution >= 4 is 23.5 Å². The molecule has 1 amide bonds. The fourth-order valence-corrected chi connectivity index (χ4v) is 3.57. The quantitative estimate of drug-likeness (QED) is 0.645. The summed E-state index contributed by atoms with van der Waals surface area (Å²) < 4.78 is 34.7. The van der Waals surface area contributed by atoms with Gasteiger partial charge in [0.05, 0.1) is 12.7 Å². The molecule has 2 aromatic rings. The number of carbonyl (C=O) groups is 2. The Balaban J connectivity index is 1.72. The van der Waals surface area contributed by atoms with E-state index in [9.17, 15) is 18.4 Å². The van der Waals surface area contributed by atoms with Crippen molar-refractivity contribution in [2.24, 2.45) is 0 Å². The minimum atomic E-state index is -3.02. The lowest BCUT2D eigenvalue weighted by atomic mass is 10.0. The number of benzene rings is 2. The Kier molecular flexibility index (Phi) is 7.23. The number of piperazine rings is 1. The average Bonchev–Trinajstić information content (AvgIpc) is 2.75. The van der Waals surface area contributed by atoms with Crippen LogP contribution in [0.3, 0.4) is 0 Å². The number of para-hydroxylation sites is 1. The number of esters is 1. The van der Waals surface area contributed by atoms with Gasteiger partial charge in [-0.2, -0.15) is 8.78 Å². The van der Waals surface area contributed by atoms with Crippen LogP contribution in [-0.2, 0) is 9.53 Å². The monoisotopic (exact) mass is 438 g/mol.